The van der Waals surface area contributed by atoms with Gasteiger partial charge in [-0.2, -0.15) is 0 Å². The molecule has 2 heterocycles. The lowest BCUT2D eigenvalue weighted by Gasteiger charge is -2.10. The molecule has 0 amide bonds. The molecule has 3 rings (SSSR count). The van der Waals surface area contributed by atoms with Crippen LogP contribution in [0.3, 0.4) is 0 Å². The highest BCUT2D eigenvalue weighted by atomic mass is 16.1. The summed E-state index contributed by atoms with van der Waals surface area (Å²) in [5.41, 5.74) is 2.13. The average molecular weight is 352 g/mol. The molecule has 0 atom stereocenters. The van der Waals surface area contributed by atoms with Crippen LogP contribution in [0.4, 0.5) is 0 Å². The molecule has 0 aliphatic rings. The van der Waals surface area contributed by atoms with Crippen molar-refractivity contribution in [2.24, 2.45) is 5.92 Å². The highest BCUT2D eigenvalue weighted by Crippen LogP contribution is 2.17. The van der Waals surface area contributed by atoms with Gasteiger partial charge in [0.1, 0.15) is 11.5 Å². The third-order valence-corrected chi connectivity index (χ3v) is 4.46. The van der Waals surface area contributed by atoms with E-state index in [1.165, 1.54) is 0 Å². The van der Waals surface area contributed by atoms with E-state index in [-0.39, 0.29) is 11.5 Å². The van der Waals surface area contributed by atoms with Crippen LogP contribution in [0.15, 0.2) is 41.5 Å². The number of benzene rings is 1. The van der Waals surface area contributed by atoms with Crippen LogP contribution < -0.4 is 5.69 Å². The number of ketones is 1. The Bertz CT molecular complexity index is 945. The van der Waals surface area contributed by atoms with Crippen molar-refractivity contribution < 1.29 is 4.79 Å². The monoisotopic (exact) mass is 352 g/mol. The molecule has 0 aliphatic heterocycles. The van der Waals surface area contributed by atoms with Gasteiger partial charge in [-0.05, 0) is 43.0 Å². The van der Waals surface area contributed by atoms with Gasteiger partial charge in [0.2, 0.25) is 5.78 Å². The van der Waals surface area contributed by atoms with E-state index in [0.29, 0.717) is 29.3 Å². The minimum Gasteiger partial charge on any atom is -0.309 e. The van der Waals surface area contributed by atoms with Crippen molar-refractivity contribution in [3.05, 3.63) is 69.9 Å². The molecule has 6 heteroatoms. The third-order valence-electron chi connectivity index (χ3n) is 4.46. The molecule has 2 N–H and O–H groups in total. The fourth-order valence-electron chi connectivity index (χ4n) is 2.97. The molecular weight excluding hydrogens is 328 g/mol. The standard InChI is InChI=1S/C20H24N4O2/c1-4-16-18(23-20(26)22-16)19(25)14-6-8-15(9-7-14)24-12-11-21-17(24)10-5-13(2)3/h6-9,11-13H,4-5,10H2,1-3H3,(H2,22,23,26). The first-order valence-corrected chi connectivity index (χ1v) is 8.98. The Hall–Kier alpha value is -2.89. The van der Waals surface area contributed by atoms with Crippen LogP contribution in [-0.4, -0.2) is 25.3 Å². The first-order chi connectivity index (χ1) is 12.5. The lowest BCUT2D eigenvalue weighted by atomic mass is 10.1. The number of hydrogen-bond acceptors (Lipinski definition) is 3. The minimum atomic E-state index is -0.352. The summed E-state index contributed by atoms with van der Waals surface area (Å²) in [6.07, 6.45) is 6.31. The number of aromatic nitrogens is 4. The molecule has 6 nitrogen and oxygen atoms in total. The topological polar surface area (TPSA) is 83.5 Å². The summed E-state index contributed by atoms with van der Waals surface area (Å²) >= 11 is 0. The number of aromatic amines is 2. The van der Waals surface area contributed by atoms with Crippen LogP contribution >= 0.6 is 0 Å². The van der Waals surface area contributed by atoms with Crippen molar-refractivity contribution in [1.29, 1.82) is 0 Å². The highest BCUT2D eigenvalue weighted by Gasteiger charge is 2.16. The van der Waals surface area contributed by atoms with Crippen LogP contribution in [0, 0.1) is 5.92 Å². The highest BCUT2D eigenvalue weighted by molar-refractivity contribution is 6.08. The maximum absolute atomic E-state index is 12.7. The number of nitrogens with one attached hydrogen (secondary N) is 2. The summed E-state index contributed by atoms with van der Waals surface area (Å²) in [6, 6.07) is 7.39. The Kier molecular flexibility index (Phi) is 5.21. The molecule has 0 saturated heterocycles. The Morgan fingerprint density at radius 2 is 1.92 bits per heavy atom. The zero-order valence-corrected chi connectivity index (χ0v) is 15.4. The summed E-state index contributed by atoms with van der Waals surface area (Å²) in [6.45, 7) is 6.30. The van der Waals surface area contributed by atoms with E-state index in [9.17, 15) is 9.59 Å². The number of rotatable bonds is 7. The number of aryl methyl sites for hydroxylation is 2. The van der Waals surface area contributed by atoms with Crippen molar-refractivity contribution in [2.75, 3.05) is 0 Å². The number of carbonyl (C=O) groups is 1. The molecule has 26 heavy (non-hydrogen) atoms. The second kappa shape index (κ2) is 7.56. The van der Waals surface area contributed by atoms with Crippen LogP contribution in [-0.2, 0) is 12.8 Å². The molecule has 2 aromatic heterocycles. The number of hydrogen-bond donors (Lipinski definition) is 2. The molecular formula is C20H24N4O2. The zero-order valence-electron chi connectivity index (χ0n) is 15.4. The number of carbonyl (C=O) groups excluding carboxylic acids is 1. The zero-order chi connectivity index (χ0) is 18.7. The molecule has 1 aromatic carbocycles. The van der Waals surface area contributed by atoms with Crippen molar-refractivity contribution in [2.45, 2.75) is 40.0 Å². The lowest BCUT2D eigenvalue weighted by molar-refractivity contribution is 0.103. The van der Waals surface area contributed by atoms with Crippen LogP contribution in [0.1, 0.15) is 54.8 Å². The Morgan fingerprint density at radius 3 is 2.58 bits per heavy atom. The van der Waals surface area contributed by atoms with Gasteiger partial charge in [-0.25, -0.2) is 9.78 Å². The van der Waals surface area contributed by atoms with Gasteiger partial charge < -0.3 is 14.5 Å². The van der Waals surface area contributed by atoms with E-state index in [1.54, 1.807) is 18.3 Å². The normalized spacial score (nSPS) is 11.2. The molecule has 0 unspecified atom stereocenters. The van der Waals surface area contributed by atoms with Gasteiger partial charge in [0, 0.05) is 35.8 Å². The predicted molar refractivity (Wildman–Crippen MR) is 101 cm³/mol. The van der Waals surface area contributed by atoms with Crippen molar-refractivity contribution in [1.82, 2.24) is 19.5 Å². The van der Waals surface area contributed by atoms with E-state index in [0.717, 1.165) is 24.4 Å². The van der Waals surface area contributed by atoms with Gasteiger partial charge in [-0.1, -0.05) is 20.8 Å². The fourth-order valence-corrected chi connectivity index (χ4v) is 2.97. The SMILES string of the molecule is CCc1[nH]c(=O)[nH]c1C(=O)c1ccc(-n2ccnc2CCC(C)C)cc1. The summed E-state index contributed by atoms with van der Waals surface area (Å²) in [5, 5.41) is 0. The van der Waals surface area contributed by atoms with E-state index < -0.39 is 0 Å². The summed E-state index contributed by atoms with van der Waals surface area (Å²) in [7, 11) is 0. The van der Waals surface area contributed by atoms with Crippen molar-refractivity contribution >= 4 is 5.78 Å². The van der Waals surface area contributed by atoms with Gasteiger partial charge in [0.15, 0.2) is 0 Å². The molecule has 0 bridgehead atoms. The largest absolute Gasteiger partial charge is 0.323 e. The molecule has 0 fully saturated rings. The molecule has 3 aromatic rings. The van der Waals surface area contributed by atoms with Crippen LogP contribution in [0.5, 0.6) is 0 Å². The average Bonchev–Trinajstić information content (AvgIpc) is 3.25. The molecule has 0 saturated carbocycles. The number of imidazole rings is 2. The van der Waals surface area contributed by atoms with Crippen LogP contribution in [0.25, 0.3) is 5.69 Å². The second-order valence-electron chi connectivity index (χ2n) is 6.81. The Balaban J connectivity index is 1.84. The number of H-pyrrole nitrogens is 2. The summed E-state index contributed by atoms with van der Waals surface area (Å²) < 4.78 is 2.05. The van der Waals surface area contributed by atoms with Crippen molar-refractivity contribution in [3.8, 4) is 5.69 Å². The summed E-state index contributed by atoms with van der Waals surface area (Å²) in [4.78, 5) is 33.9. The van der Waals surface area contributed by atoms with E-state index in [4.69, 9.17) is 0 Å². The van der Waals surface area contributed by atoms with Gasteiger partial charge in [-0.3, -0.25) is 4.79 Å². The third kappa shape index (κ3) is 3.69. The van der Waals surface area contributed by atoms with E-state index >= 15 is 0 Å². The maximum Gasteiger partial charge on any atom is 0.323 e. The predicted octanol–water partition coefficient (Wildman–Crippen LogP) is 3.27. The first kappa shape index (κ1) is 17.9. The molecule has 0 aliphatic carbocycles. The van der Waals surface area contributed by atoms with Gasteiger partial charge in [-0.15, -0.1) is 0 Å². The fraction of sp³-hybridized carbons (Fsp3) is 0.350. The second-order valence-corrected chi connectivity index (χ2v) is 6.81. The quantitative estimate of drug-likeness (QED) is 0.640. The molecule has 0 spiro atoms. The Labute approximate surface area is 152 Å². The minimum absolute atomic E-state index is 0.183. The molecule has 136 valence electrons. The van der Waals surface area contributed by atoms with Gasteiger partial charge in [0.25, 0.3) is 0 Å². The van der Waals surface area contributed by atoms with E-state index in [1.807, 2.05) is 29.8 Å². The first-order valence-electron chi connectivity index (χ1n) is 8.98. The smallest absolute Gasteiger partial charge is 0.309 e. The Morgan fingerprint density at radius 1 is 1.19 bits per heavy atom. The van der Waals surface area contributed by atoms with Crippen LogP contribution in [0.2, 0.25) is 0 Å². The lowest BCUT2D eigenvalue weighted by Crippen LogP contribution is -2.08. The summed E-state index contributed by atoms with van der Waals surface area (Å²) in [5.74, 6) is 1.45. The number of nitrogens with zero attached hydrogens (tertiary/aromatic N) is 2. The van der Waals surface area contributed by atoms with Gasteiger partial charge >= 0.3 is 5.69 Å². The maximum atomic E-state index is 12.7. The van der Waals surface area contributed by atoms with Gasteiger partial charge in [0.05, 0.1) is 0 Å². The van der Waals surface area contributed by atoms with Crippen molar-refractivity contribution in [3.63, 3.8) is 0 Å². The molecule has 0 radical (unpaired) electrons. The van der Waals surface area contributed by atoms with E-state index in [2.05, 4.69) is 28.8 Å².